The first-order chi connectivity index (χ1) is 8.54. The average molecular weight is 272 g/mol. The summed E-state index contributed by atoms with van der Waals surface area (Å²) in [6, 6.07) is 5.07. The number of halogens is 1. The van der Waals surface area contributed by atoms with Gasteiger partial charge in [-0.1, -0.05) is 0 Å². The fraction of sp³-hybridized carbons (Fsp3) is 0.462. The minimum atomic E-state index is -0.123. The summed E-state index contributed by atoms with van der Waals surface area (Å²) in [5.41, 5.74) is 0.498. The number of amides is 1. The molecule has 0 saturated heterocycles. The maximum atomic E-state index is 12.3. The molecular weight excluding hydrogens is 254 g/mol. The molecule has 0 heterocycles. The Hall–Kier alpha value is -1.42. The first-order valence-corrected chi connectivity index (χ1v) is 6.13. The molecule has 0 N–H and O–H groups in total. The third kappa shape index (κ3) is 3.07. The van der Waals surface area contributed by atoms with Gasteiger partial charge >= 0.3 is 0 Å². The molecule has 100 valence electrons. The van der Waals surface area contributed by atoms with E-state index in [0.717, 1.165) is 0 Å². The lowest BCUT2D eigenvalue weighted by molar-refractivity contribution is 0.0753. The zero-order chi connectivity index (χ0) is 13.7. The second-order valence-corrected chi connectivity index (χ2v) is 4.29. The van der Waals surface area contributed by atoms with Crippen LogP contribution in [0.5, 0.6) is 11.5 Å². The van der Waals surface area contributed by atoms with Crippen LogP contribution in [0, 0.1) is 0 Å². The summed E-state index contributed by atoms with van der Waals surface area (Å²) in [6.07, 6.45) is 0. The highest BCUT2D eigenvalue weighted by Gasteiger charge is 2.20. The van der Waals surface area contributed by atoms with Crippen LogP contribution in [0.3, 0.4) is 0 Å². The highest BCUT2D eigenvalue weighted by Crippen LogP contribution is 2.25. The largest absolute Gasteiger partial charge is 0.497 e. The van der Waals surface area contributed by atoms with Crippen LogP contribution in [0.2, 0.25) is 0 Å². The highest BCUT2D eigenvalue weighted by molar-refractivity contribution is 6.18. The van der Waals surface area contributed by atoms with Crippen molar-refractivity contribution in [2.75, 3.05) is 27.1 Å². The number of ether oxygens (including phenoxy) is 2. The van der Waals surface area contributed by atoms with Crippen LogP contribution in [0.4, 0.5) is 0 Å². The Morgan fingerprint density at radius 3 is 2.56 bits per heavy atom. The lowest BCUT2D eigenvalue weighted by Crippen LogP contribution is -2.36. The number of carbonyl (C=O) groups excluding carboxylic acids is 1. The molecule has 0 radical (unpaired) electrons. The Morgan fingerprint density at radius 2 is 2.06 bits per heavy atom. The normalized spacial score (nSPS) is 11.8. The van der Waals surface area contributed by atoms with E-state index in [4.69, 9.17) is 21.1 Å². The predicted octanol–water partition coefficient (Wildman–Crippen LogP) is 2.40. The van der Waals surface area contributed by atoms with Gasteiger partial charge in [0.25, 0.3) is 5.91 Å². The third-order valence-corrected chi connectivity index (χ3v) is 3.29. The number of hydrogen-bond acceptors (Lipinski definition) is 3. The molecule has 0 spiro atoms. The van der Waals surface area contributed by atoms with Crippen molar-refractivity contribution in [2.24, 2.45) is 0 Å². The summed E-state index contributed by atoms with van der Waals surface area (Å²) in [5, 5.41) is 0. The molecule has 0 aliphatic rings. The maximum absolute atomic E-state index is 12.3. The summed E-state index contributed by atoms with van der Waals surface area (Å²) in [6.45, 7) is 1.89. The van der Waals surface area contributed by atoms with Crippen molar-refractivity contribution in [1.82, 2.24) is 4.90 Å². The summed E-state index contributed by atoms with van der Waals surface area (Å²) in [5.74, 6) is 1.41. The van der Waals surface area contributed by atoms with E-state index >= 15 is 0 Å². The van der Waals surface area contributed by atoms with E-state index in [2.05, 4.69) is 0 Å². The van der Waals surface area contributed by atoms with Crippen molar-refractivity contribution >= 4 is 17.5 Å². The smallest absolute Gasteiger partial charge is 0.257 e. The third-order valence-electron chi connectivity index (χ3n) is 2.84. The van der Waals surface area contributed by atoms with Crippen molar-refractivity contribution in [3.63, 3.8) is 0 Å². The summed E-state index contributed by atoms with van der Waals surface area (Å²) in [4.78, 5) is 13.9. The Labute approximate surface area is 112 Å². The predicted molar refractivity (Wildman–Crippen MR) is 71.8 cm³/mol. The minimum Gasteiger partial charge on any atom is -0.497 e. The van der Waals surface area contributed by atoms with E-state index in [-0.39, 0.29) is 11.9 Å². The molecule has 4 nitrogen and oxygen atoms in total. The van der Waals surface area contributed by atoms with E-state index < -0.39 is 0 Å². The number of alkyl halides is 1. The molecule has 1 aromatic carbocycles. The van der Waals surface area contributed by atoms with Gasteiger partial charge in [-0.05, 0) is 19.1 Å². The van der Waals surface area contributed by atoms with Crippen LogP contribution in [0.1, 0.15) is 17.3 Å². The van der Waals surface area contributed by atoms with Gasteiger partial charge in [0, 0.05) is 25.0 Å². The second kappa shape index (κ2) is 6.50. The molecule has 0 bridgehead atoms. The van der Waals surface area contributed by atoms with Gasteiger partial charge in [0.15, 0.2) is 0 Å². The van der Waals surface area contributed by atoms with Crippen LogP contribution in [-0.2, 0) is 0 Å². The minimum absolute atomic E-state index is 0.0361. The molecule has 18 heavy (non-hydrogen) atoms. The standard InChI is InChI=1S/C13H18ClNO3/c1-9(8-14)15(2)13(16)11-6-5-10(17-3)7-12(11)18-4/h5-7,9H,8H2,1-4H3. The molecule has 1 atom stereocenters. The molecular formula is C13H18ClNO3. The molecule has 5 heteroatoms. The van der Waals surface area contributed by atoms with Gasteiger partial charge in [-0.25, -0.2) is 0 Å². The van der Waals surface area contributed by atoms with Gasteiger partial charge < -0.3 is 14.4 Å². The first kappa shape index (κ1) is 14.6. The molecule has 1 amide bonds. The van der Waals surface area contributed by atoms with Gasteiger partial charge in [-0.2, -0.15) is 0 Å². The fourth-order valence-electron chi connectivity index (χ4n) is 1.47. The molecule has 1 rings (SSSR count). The van der Waals surface area contributed by atoms with Crippen molar-refractivity contribution in [3.8, 4) is 11.5 Å². The second-order valence-electron chi connectivity index (χ2n) is 3.99. The molecule has 0 saturated carbocycles. The van der Waals surface area contributed by atoms with Gasteiger partial charge in [-0.15, -0.1) is 11.6 Å². The van der Waals surface area contributed by atoms with E-state index in [1.807, 2.05) is 6.92 Å². The number of carbonyl (C=O) groups is 1. The first-order valence-electron chi connectivity index (χ1n) is 5.60. The Kier molecular flexibility index (Phi) is 5.28. The van der Waals surface area contributed by atoms with Gasteiger partial charge in [0.05, 0.1) is 19.8 Å². The highest BCUT2D eigenvalue weighted by atomic mass is 35.5. The van der Waals surface area contributed by atoms with Gasteiger partial charge in [0.2, 0.25) is 0 Å². The number of benzene rings is 1. The lowest BCUT2D eigenvalue weighted by Gasteiger charge is -2.24. The molecule has 0 aromatic heterocycles. The molecule has 0 aliphatic heterocycles. The molecule has 0 fully saturated rings. The zero-order valence-corrected chi connectivity index (χ0v) is 11.8. The van der Waals surface area contributed by atoms with E-state index in [1.54, 1.807) is 37.3 Å². The number of hydrogen-bond donors (Lipinski definition) is 0. The Balaban J connectivity index is 3.05. The number of methoxy groups -OCH3 is 2. The Bertz CT molecular complexity index is 423. The monoisotopic (exact) mass is 271 g/mol. The van der Waals surface area contributed by atoms with Gasteiger partial charge in [-0.3, -0.25) is 4.79 Å². The zero-order valence-electron chi connectivity index (χ0n) is 11.1. The molecule has 0 aliphatic carbocycles. The maximum Gasteiger partial charge on any atom is 0.257 e. The number of rotatable bonds is 5. The topological polar surface area (TPSA) is 38.8 Å². The average Bonchev–Trinajstić information content (AvgIpc) is 2.43. The Morgan fingerprint density at radius 1 is 1.39 bits per heavy atom. The fourth-order valence-corrected chi connectivity index (χ4v) is 1.68. The van der Waals surface area contributed by atoms with Crippen LogP contribution < -0.4 is 9.47 Å². The summed E-state index contributed by atoms with van der Waals surface area (Å²) >= 11 is 5.75. The van der Waals surface area contributed by atoms with Crippen molar-refractivity contribution in [3.05, 3.63) is 23.8 Å². The van der Waals surface area contributed by atoms with E-state index in [1.165, 1.54) is 7.11 Å². The molecule has 1 aromatic rings. The van der Waals surface area contributed by atoms with E-state index in [9.17, 15) is 4.79 Å². The van der Waals surface area contributed by atoms with Crippen LogP contribution in [0.25, 0.3) is 0 Å². The van der Waals surface area contributed by atoms with Crippen molar-refractivity contribution < 1.29 is 14.3 Å². The molecule has 1 unspecified atom stereocenters. The van der Waals surface area contributed by atoms with Crippen LogP contribution in [-0.4, -0.2) is 44.0 Å². The number of nitrogens with zero attached hydrogens (tertiary/aromatic N) is 1. The van der Waals surface area contributed by atoms with Crippen molar-refractivity contribution in [1.29, 1.82) is 0 Å². The van der Waals surface area contributed by atoms with Crippen LogP contribution >= 0.6 is 11.6 Å². The van der Waals surface area contributed by atoms with Crippen LogP contribution in [0.15, 0.2) is 18.2 Å². The van der Waals surface area contributed by atoms with Crippen molar-refractivity contribution in [2.45, 2.75) is 13.0 Å². The quantitative estimate of drug-likeness (QED) is 0.772. The van der Waals surface area contributed by atoms with Gasteiger partial charge in [0.1, 0.15) is 11.5 Å². The van der Waals surface area contributed by atoms with E-state index in [0.29, 0.717) is 22.9 Å². The summed E-state index contributed by atoms with van der Waals surface area (Å²) < 4.78 is 10.3. The SMILES string of the molecule is COc1ccc(C(=O)N(C)C(C)CCl)c(OC)c1. The lowest BCUT2D eigenvalue weighted by atomic mass is 10.1. The summed E-state index contributed by atoms with van der Waals surface area (Å²) in [7, 11) is 4.81.